The largest absolute Gasteiger partial charge is 0.670 e. The number of aliphatic hydroxyl groups is 1. The average Bonchev–Trinajstić information content (AvgIpc) is 3.55. The molecule has 3 aromatic rings. The third-order valence-electron chi connectivity index (χ3n) is 10.6. The minimum Gasteiger partial charge on any atom is -0.670 e. The normalized spacial score (nSPS) is 28.8. The average molecular weight is 604 g/mol. The molecule has 8 nitrogen and oxygen atoms in total. The van der Waals surface area contributed by atoms with Gasteiger partial charge in [0.25, 0.3) is 0 Å². The molecule has 0 amide bonds. The van der Waals surface area contributed by atoms with Crippen molar-refractivity contribution in [3.05, 3.63) is 70.5 Å². The van der Waals surface area contributed by atoms with Gasteiger partial charge in [-0.3, -0.25) is 0 Å². The van der Waals surface area contributed by atoms with Gasteiger partial charge >= 0.3 is 0 Å². The first-order valence-corrected chi connectivity index (χ1v) is 16.3. The van der Waals surface area contributed by atoms with Crippen LogP contribution in [0.4, 0.5) is 0 Å². The monoisotopic (exact) mass is 603 g/mol. The number of nitrogens with zero attached hydrogens (tertiary/aromatic N) is 1. The highest BCUT2D eigenvalue weighted by Crippen LogP contribution is 2.50. The Balaban J connectivity index is 1.23. The Morgan fingerprint density at radius 3 is 2.59 bits per heavy atom. The van der Waals surface area contributed by atoms with Crippen molar-refractivity contribution in [2.45, 2.75) is 94.4 Å². The van der Waals surface area contributed by atoms with E-state index in [4.69, 9.17) is 9.47 Å². The van der Waals surface area contributed by atoms with E-state index in [9.17, 15) is 20.4 Å². The standard InChI is InChI=1S/C36H47N2O6/c1-37-12-10-21-4-3-5-25(14-21)27-16-23(7-9-30(27)39)24-6-8-26-31(40)19-34(44-33(26)17-24)28-18-32(41)35(42)36(43-2)29(28)15-22-11-13-38-20-22/h7,9,11,13,16,18,20-21,24-26,31,33-34,37,39-42H,3-6,8,10,12,14-15,17,19H2,1-2H3/q-1/t21-,24+,25-,26+,31-,33-,34-/m0/s1. The lowest BCUT2D eigenvalue weighted by atomic mass is 9.71. The second kappa shape index (κ2) is 13.4. The summed E-state index contributed by atoms with van der Waals surface area (Å²) in [6.45, 7) is 1.03. The Bertz CT molecular complexity index is 1410. The van der Waals surface area contributed by atoms with Crippen molar-refractivity contribution in [1.82, 2.24) is 10.3 Å². The van der Waals surface area contributed by atoms with E-state index < -0.39 is 12.2 Å². The maximum atomic E-state index is 11.4. The zero-order valence-electron chi connectivity index (χ0n) is 25.9. The van der Waals surface area contributed by atoms with E-state index in [-0.39, 0.29) is 35.2 Å². The maximum absolute atomic E-state index is 11.4. The number of phenolic OH excluding ortho intramolecular Hbond substituents is 3. The number of hydrogen-bond acceptors (Lipinski definition) is 7. The van der Waals surface area contributed by atoms with E-state index in [1.54, 1.807) is 18.5 Å². The number of aliphatic hydroxyl groups excluding tert-OH is 1. The van der Waals surface area contributed by atoms with E-state index >= 15 is 0 Å². The van der Waals surface area contributed by atoms with Crippen LogP contribution in [0.5, 0.6) is 23.0 Å². The SMILES string of the molecule is CNCC[C@@H]1CCC[C@H](c2cc([C@@H]3CC[C@H]4[C@H](C3)O[C@H](c3cc(O)c(O)c(OC)c3Cc3cc[n-]c3)C[C@@H]4O)ccc2O)C1. The van der Waals surface area contributed by atoms with Crippen molar-refractivity contribution in [3.8, 4) is 23.0 Å². The van der Waals surface area contributed by atoms with Crippen LogP contribution in [0.3, 0.4) is 0 Å². The van der Waals surface area contributed by atoms with E-state index in [1.807, 2.05) is 19.2 Å². The van der Waals surface area contributed by atoms with Crippen molar-refractivity contribution in [3.63, 3.8) is 0 Å². The zero-order chi connectivity index (χ0) is 30.8. The summed E-state index contributed by atoms with van der Waals surface area (Å²) < 4.78 is 12.4. The molecule has 1 aromatic heterocycles. The summed E-state index contributed by atoms with van der Waals surface area (Å²) in [5.74, 6) is 1.43. The van der Waals surface area contributed by atoms with Crippen molar-refractivity contribution >= 4 is 0 Å². The van der Waals surface area contributed by atoms with Crippen molar-refractivity contribution in [2.24, 2.45) is 11.8 Å². The molecule has 238 valence electrons. The topological polar surface area (TPSA) is 126 Å². The second-order valence-electron chi connectivity index (χ2n) is 13.3. The highest BCUT2D eigenvalue weighted by atomic mass is 16.5. The van der Waals surface area contributed by atoms with E-state index in [1.165, 1.54) is 31.9 Å². The van der Waals surface area contributed by atoms with Gasteiger partial charge in [0.15, 0.2) is 11.5 Å². The fourth-order valence-corrected chi connectivity index (χ4v) is 8.26. The Morgan fingerprint density at radius 2 is 1.82 bits per heavy atom. The van der Waals surface area contributed by atoms with Crippen LogP contribution in [0.15, 0.2) is 42.7 Å². The summed E-state index contributed by atoms with van der Waals surface area (Å²) in [5, 5.41) is 46.8. The van der Waals surface area contributed by atoms with Gasteiger partial charge in [0.05, 0.1) is 25.4 Å². The molecule has 1 saturated heterocycles. The number of aromatic nitrogens is 1. The minimum absolute atomic E-state index is 0.0423. The van der Waals surface area contributed by atoms with Crippen LogP contribution >= 0.6 is 0 Å². The van der Waals surface area contributed by atoms with Crippen LogP contribution in [0, 0.1) is 11.8 Å². The number of aromatic hydroxyl groups is 3. The molecule has 0 unspecified atom stereocenters. The quantitative estimate of drug-likeness (QED) is 0.188. The van der Waals surface area contributed by atoms with Crippen molar-refractivity contribution in [1.29, 1.82) is 0 Å². The molecule has 2 aromatic carbocycles. The summed E-state index contributed by atoms with van der Waals surface area (Å²) >= 11 is 0. The number of benzene rings is 2. The summed E-state index contributed by atoms with van der Waals surface area (Å²) in [7, 11) is 3.49. The van der Waals surface area contributed by atoms with E-state index in [0.717, 1.165) is 60.9 Å². The summed E-state index contributed by atoms with van der Waals surface area (Å²) in [6.07, 6.45) is 11.7. The molecule has 3 fully saturated rings. The lowest BCUT2D eigenvalue weighted by Gasteiger charge is -2.45. The van der Waals surface area contributed by atoms with E-state index in [0.29, 0.717) is 30.4 Å². The van der Waals surface area contributed by atoms with Crippen molar-refractivity contribution in [2.75, 3.05) is 20.7 Å². The van der Waals surface area contributed by atoms with Gasteiger partial charge in [-0.25, -0.2) is 0 Å². The molecule has 3 aliphatic rings. The molecule has 0 radical (unpaired) electrons. The number of fused-ring (bicyclic) bond motifs is 1. The Morgan fingerprint density at radius 1 is 0.955 bits per heavy atom. The van der Waals surface area contributed by atoms with Gasteiger partial charge in [0.2, 0.25) is 5.75 Å². The molecule has 8 heteroatoms. The van der Waals surface area contributed by atoms with Gasteiger partial charge in [-0.2, -0.15) is 12.4 Å². The van der Waals surface area contributed by atoms with Crippen LogP contribution in [0.25, 0.3) is 0 Å². The van der Waals surface area contributed by atoms with Gasteiger partial charge < -0.3 is 40.2 Å². The smallest absolute Gasteiger partial charge is 0.200 e. The first kappa shape index (κ1) is 30.8. The Kier molecular flexibility index (Phi) is 9.40. The predicted octanol–water partition coefficient (Wildman–Crippen LogP) is 6.02. The summed E-state index contributed by atoms with van der Waals surface area (Å²) in [6, 6.07) is 9.66. The van der Waals surface area contributed by atoms with Gasteiger partial charge in [-0.15, -0.1) is 0 Å². The second-order valence-corrected chi connectivity index (χ2v) is 13.3. The number of phenols is 3. The Labute approximate surface area is 260 Å². The summed E-state index contributed by atoms with van der Waals surface area (Å²) in [4.78, 5) is 4.17. The van der Waals surface area contributed by atoms with Gasteiger partial charge in [0, 0.05) is 17.9 Å². The molecular formula is C36H47N2O6-. The minimum atomic E-state index is -0.540. The molecule has 0 bridgehead atoms. The van der Waals surface area contributed by atoms with Crippen LogP contribution in [-0.4, -0.2) is 53.3 Å². The van der Waals surface area contributed by atoms with Gasteiger partial charge in [-0.1, -0.05) is 36.6 Å². The number of hydrogen-bond donors (Lipinski definition) is 5. The fourth-order valence-electron chi connectivity index (χ4n) is 8.26. The van der Waals surface area contributed by atoms with E-state index in [2.05, 4.69) is 22.4 Å². The van der Waals surface area contributed by atoms with Gasteiger partial charge in [0.1, 0.15) is 5.75 Å². The predicted molar refractivity (Wildman–Crippen MR) is 169 cm³/mol. The summed E-state index contributed by atoms with van der Waals surface area (Å²) in [5.41, 5.74) is 4.72. The van der Waals surface area contributed by atoms with Crippen LogP contribution in [-0.2, 0) is 11.2 Å². The highest BCUT2D eigenvalue weighted by molar-refractivity contribution is 5.59. The number of ether oxygens (including phenoxy) is 2. The van der Waals surface area contributed by atoms with Crippen LogP contribution in [0.1, 0.15) is 104 Å². The molecule has 0 spiro atoms. The molecule has 2 heterocycles. The van der Waals surface area contributed by atoms with Crippen molar-refractivity contribution < 1.29 is 29.9 Å². The lowest BCUT2D eigenvalue weighted by molar-refractivity contribution is -0.154. The lowest BCUT2D eigenvalue weighted by Crippen LogP contribution is -2.44. The molecule has 2 saturated carbocycles. The molecule has 44 heavy (non-hydrogen) atoms. The third-order valence-corrected chi connectivity index (χ3v) is 10.6. The maximum Gasteiger partial charge on any atom is 0.200 e. The number of rotatable bonds is 9. The first-order valence-electron chi connectivity index (χ1n) is 16.3. The zero-order valence-corrected chi connectivity index (χ0v) is 25.9. The molecule has 5 N–H and O–H groups in total. The number of nitrogens with one attached hydrogen (secondary N) is 1. The van der Waals surface area contributed by atoms with Crippen LogP contribution in [0.2, 0.25) is 0 Å². The first-order chi connectivity index (χ1) is 21.4. The molecular weight excluding hydrogens is 556 g/mol. The molecule has 6 rings (SSSR count). The molecule has 7 atom stereocenters. The van der Waals surface area contributed by atoms with Crippen LogP contribution < -0.4 is 15.0 Å². The third kappa shape index (κ3) is 6.30. The van der Waals surface area contributed by atoms with Gasteiger partial charge in [-0.05, 0) is 105 Å². The Hall–Kier alpha value is -3.20. The highest BCUT2D eigenvalue weighted by Gasteiger charge is 2.43. The number of methoxy groups -OCH3 is 1. The fraction of sp³-hybridized carbons (Fsp3) is 0.556. The molecule has 1 aliphatic heterocycles. The molecule has 2 aliphatic carbocycles.